The van der Waals surface area contributed by atoms with Crippen LogP contribution in [0, 0.1) is 0 Å². The number of amides is 1. The van der Waals surface area contributed by atoms with Crippen molar-refractivity contribution >= 4 is 11.7 Å². The van der Waals surface area contributed by atoms with Crippen LogP contribution in [0.1, 0.15) is 29.0 Å². The van der Waals surface area contributed by atoms with Gasteiger partial charge in [0.2, 0.25) is 0 Å². The van der Waals surface area contributed by atoms with Crippen LogP contribution in [0.2, 0.25) is 0 Å². The average Bonchev–Trinajstić information content (AvgIpc) is 3.09. The van der Waals surface area contributed by atoms with Crippen LogP contribution in [0.5, 0.6) is 0 Å². The van der Waals surface area contributed by atoms with Gasteiger partial charge in [-0.05, 0) is 25.0 Å². The van der Waals surface area contributed by atoms with Crippen LogP contribution in [-0.4, -0.2) is 21.9 Å². The first kappa shape index (κ1) is 11.7. The highest BCUT2D eigenvalue weighted by molar-refractivity contribution is 5.94. The quantitative estimate of drug-likeness (QED) is 0.851. The highest BCUT2D eigenvalue weighted by Crippen LogP contribution is 2.19. The summed E-state index contributed by atoms with van der Waals surface area (Å²) >= 11 is 0. The fourth-order valence-electron chi connectivity index (χ4n) is 1.64. The summed E-state index contributed by atoms with van der Waals surface area (Å²) in [4.78, 5) is 19.8. The third-order valence-corrected chi connectivity index (χ3v) is 2.87. The Morgan fingerprint density at radius 1 is 1.37 bits per heavy atom. The molecule has 1 amide bonds. The van der Waals surface area contributed by atoms with Crippen molar-refractivity contribution in [3.05, 3.63) is 42.2 Å². The van der Waals surface area contributed by atoms with E-state index in [2.05, 4.69) is 20.6 Å². The van der Waals surface area contributed by atoms with E-state index in [1.807, 2.05) is 0 Å². The number of nitrogens with zero attached hydrogens (tertiary/aromatic N) is 2. The predicted octanol–water partition coefficient (Wildman–Crippen LogP) is 1.57. The fraction of sp³-hybridized carbons (Fsp3) is 0.308. The van der Waals surface area contributed by atoms with Crippen molar-refractivity contribution in [3.8, 4) is 0 Å². The molecule has 0 aliphatic heterocycles. The van der Waals surface area contributed by atoms with E-state index in [1.54, 1.807) is 24.5 Å². The molecule has 2 N–H and O–H groups in total. The van der Waals surface area contributed by atoms with Crippen LogP contribution >= 0.6 is 0 Å². The highest BCUT2D eigenvalue weighted by Gasteiger charge is 2.23. The second-order valence-corrected chi connectivity index (χ2v) is 4.50. The molecule has 1 aliphatic carbocycles. The second-order valence-electron chi connectivity index (χ2n) is 4.50. The van der Waals surface area contributed by atoms with E-state index >= 15 is 0 Å². The zero-order chi connectivity index (χ0) is 13.1. The maximum Gasteiger partial charge on any atom is 0.253 e. The molecule has 2 aromatic heterocycles. The molecule has 2 aromatic rings. The number of hydrogen-bond acceptors (Lipinski definition) is 5. The lowest BCUT2D eigenvalue weighted by Crippen LogP contribution is -2.25. The van der Waals surface area contributed by atoms with E-state index in [0.29, 0.717) is 24.0 Å². The summed E-state index contributed by atoms with van der Waals surface area (Å²) in [7, 11) is 0. The zero-order valence-electron chi connectivity index (χ0n) is 10.3. The zero-order valence-corrected chi connectivity index (χ0v) is 10.3. The Labute approximate surface area is 110 Å². The second kappa shape index (κ2) is 5.09. The number of anilines is 1. The normalized spacial score (nSPS) is 14.1. The van der Waals surface area contributed by atoms with Gasteiger partial charge in [-0.3, -0.25) is 4.79 Å². The lowest BCUT2D eigenvalue weighted by molar-refractivity contribution is 0.0951. The molecule has 0 bridgehead atoms. The van der Waals surface area contributed by atoms with Gasteiger partial charge in [0.05, 0.1) is 18.3 Å². The van der Waals surface area contributed by atoms with Crippen molar-refractivity contribution in [2.75, 3.05) is 5.32 Å². The summed E-state index contributed by atoms with van der Waals surface area (Å²) in [6, 6.07) is 3.89. The summed E-state index contributed by atoms with van der Waals surface area (Å²) in [5.41, 5.74) is 0.581. The summed E-state index contributed by atoms with van der Waals surface area (Å²) in [5.74, 6) is 1.37. The Morgan fingerprint density at radius 2 is 2.26 bits per heavy atom. The van der Waals surface area contributed by atoms with E-state index < -0.39 is 0 Å². The molecule has 19 heavy (non-hydrogen) atoms. The minimum Gasteiger partial charge on any atom is -0.447 e. The molecule has 98 valence electrons. The number of aromatic nitrogens is 2. The van der Waals surface area contributed by atoms with Gasteiger partial charge in [0.25, 0.3) is 5.91 Å². The Morgan fingerprint density at radius 3 is 2.89 bits per heavy atom. The standard InChI is InChI=1S/C13H14N4O2/c18-13(17-10-2-3-10)9-1-4-12(15-5-9)16-7-11-6-14-8-19-11/h1,4-6,8,10H,2-3,7H2,(H,15,16)(H,17,18). The summed E-state index contributed by atoms with van der Waals surface area (Å²) in [6.07, 6.45) is 6.76. The van der Waals surface area contributed by atoms with Gasteiger partial charge in [0.15, 0.2) is 6.39 Å². The molecule has 0 unspecified atom stereocenters. The molecule has 0 atom stereocenters. The smallest absolute Gasteiger partial charge is 0.253 e. The third kappa shape index (κ3) is 3.09. The first-order chi connectivity index (χ1) is 9.31. The molecule has 1 saturated carbocycles. The molecule has 0 spiro atoms. The fourth-order valence-corrected chi connectivity index (χ4v) is 1.64. The summed E-state index contributed by atoms with van der Waals surface area (Å²) < 4.78 is 5.10. The van der Waals surface area contributed by atoms with Crippen molar-refractivity contribution in [1.82, 2.24) is 15.3 Å². The molecule has 3 rings (SSSR count). The molecule has 0 saturated heterocycles. The number of oxazole rings is 1. The Balaban J connectivity index is 1.57. The Kier molecular flexibility index (Phi) is 3.14. The molecule has 1 aliphatic rings. The van der Waals surface area contributed by atoms with Crippen LogP contribution in [0.4, 0.5) is 5.82 Å². The number of pyridine rings is 1. The van der Waals surface area contributed by atoms with Crippen molar-refractivity contribution in [1.29, 1.82) is 0 Å². The van der Waals surface area contributed by atoms with Gasteiger partial charge in [-0.25, -0.2) is 9.97 Å². The van der Waals surface area contributed by atoms with Gasteiger partial charge >= 0.3 is 0 Å². The highest BCUT2D eigenvalue weighted by atomic mass is 16.3. The van der Waals surface area contributed by atoms with Crippen LogP contribution < -0.4 is 10.6 Å². The number of carbonyl (C=O) groups excluding carboxylic acids is 1. The van der Waals surface area contributed by atoms with Gasteiger partial charge in [-0.15, -0.1) is 0 Å². The monoisotopic (exact) mass is 258 g/mol. The molecular formula is C13H14N4O2. The molecule has 6 nitrogen and oxygen atoms in total. The maximum atomic E-state index is 11.8. The minimum atomic E-state index is -0.0585. The van der Waals surface area contributed by atoms with Crippen molar-refractivity contribution in [2.24, 2.45) is 0 Å². The van der Waals surface area contributed by atoms with E-state index in [9.17, 15) is 4.79 Å². The van der Waals surface area contributed by atoms with Gasteiger partial charge in [-0.1, -0.05) is 0 Å². The van der Waals surface area contributed by atoms with Crippen molar-refractivity contribution < 1.29 is 9.21 Å². The largest absolute Gasteiger partial charge is 0.447 e. The van der Waals surface area contributed by atoms with E-state index in [1.165, 1.54) is 6.39 Å². The topological polar surface area (TPSA) is 80.0 Å². The third-order valence-electron chi connectivity index (χ3n) is 2.87. The molecule has 1 fully saturated rings. The number of nitrogens with one attached hydrogen (secondary N) is 2. The van der Waals surface area contributed by atoms with Crippen LogP contribution in [0.3, 0.4) is 0 Å². The minimum absolute atomic E-state index is 0.0585. The van der Waals surface area contributed by atoms with Crippen molar-refractivity contribution in [3.63, 3.8) is 0 Å². The van der Waals surface area contributed by atoms with Crippen LogP contribution in [-0.2, 0) is 6.54 Å². The molecule has 2 heterocycles. The molecule has 0 radical (unpaired) electrons. The van der Waals surface area contributed by atoms with Crippen LogP contribution in [0.25, 0.3) is 0 Å². The van der Waals surface area contributed by atoms with E-state index in [4.69, 9.17) is 4.42 Å². The van der Waals surface area contributed by atoms with Gasteiger partial charge < -0.3 is 15.1 Å². The van der Waals surface area contributed by atoms with Crippen molar-refractivity contribution in [2.45, 2.75) is 25.4 Å². The number of carbonyl (C=O) groups is 1. The van der Waals surface area contributed by atoms with Crippen LogP contribution in [0.15, 0.2) is 35.3 Å². The first-order valence-corrected chi connectivity index (χ1v) is 6.19. The van der Waals surface area contributed by atoms with Gasteiger partial charge in [-0.2, -0.15) is 0 Å². The number of rotatable bonds is 5. The SMILES string of the molecule is O=C(NC1CC1)c1ccc(NCc2cnco2)nc1. The lowest BCUT2D eigenvalue weighted by Gasteiger charge is -2.05. The van der Waals surface area contributed by atoms with E-state index in [-0.39, 0.29) is 5.91 Å². The van der Waals surface area contributed by atoms with Gasteiger partial charge in [0.1, 0.15) is 11.6 Å². The summed E-state index contributed by atoms with van der Waals surface area (Å²) in [6.45, 7) is 0.515. The first-order valence-electron chi connectivity index (χ1n) is 6.19. The summed E-state index contributed by atoms with van der Waals surface area (Å²) in [5, 5.41) is 6.01. The Hall–Kier alpha value is -2.37. The van der Waals surface area contributed by atoms with E-state index in [0.717, 1.165) is 18.6 Å². The molecular weight excluding hydrogens is 244 g/mol. The predicted molar refractivity (Wildman–Crippen MR) is 68.6 cm³/mol. The molecule has 0 aromatic carbocycles. The Bertz CT molecular complexity index is 547. The maximum absolute atomic E-state index is 11.8. The average molecular weight is 258 g/mol. The number of hydrogen-bond donors (Lipinski definition) is 2. The lowest BCUT2D eigenvalue weighted by atomic mass is 10.2. The van der Waals surface area contributed by atoms with Gasteiger partial charge in [0, 0.05) is 12.2 Å². The molecule has 6 heteroatoms.